The molecular formula is C13H13ClFN5OS. The lowest BCUT2D eigenvalue weighted by Crippen LogP contribution is -2.50. The molecule has 9 heteroatoms. The molecule has 2 aromatic rings. The summed E-state index contributed by atoms with van der Waals surface area (Å²) in [4.78, 5) is 15.8. The van der Waals surface area contributed by atoms with Crippen LogP contribution in [0.15, 0.2) is 24.4 Å². The zero-order chi connectivity index (χ0) is 15.5. The second-order valence-electron chi connectivity index (χ2n) is 4.78. The monoisotopic (exact) mass is 341 g/mol. The molecule has 0 radical (unpaired) electrons. The highest BCUT2D eigenvalue weighted by molar-refractivity contribution is 7.10. The van der Waals surface area contributed by atoms with Crippen LogP contribution in [-0.4, -0.2) is 46.7 Å². The Bertz CT molecular complexity index is 660. The van der Waals surface area contributed by atoms with Crippen molar-refractivity contribution < 1.29 is 9.18 Å². The molecule has 2 heterocycles. The number of aromatic nitrogens is 2. The Hall–Kier alpha value is -1.93. The smallest absolute Gasteiger partial charge is 0.322 e. The standard InChI is InChI=1S/C13H13ClFN5OS/c14-10-7-9(15)1-2-11(10)19-3-5-20(6-4-19)13(21)17-12-8-16-18-22-12/h1-2,7-8H,3-6H2,(H,17,21). The van der Waals surface area contributed by atoms with Gasteiger partial charge < -0.3 is 9.80 Å². The van der Waals surface area contributed by atoms with Gasteiger partial charge in [0.2, 0.25) is 0 Å². The largest absolute Gasteiger partial charge is 0.367 e. The Kier molecular flexibility index (Phi) is 4.39. The van der Waals surface area contributed by atoms with Gasteiger partial charge in [-0.25, -0.2) is 9.18 Å². The molecule has 1 aromatic carbocycles. The number of hydrogen-bond donors (Lipinski definition) is 1. The van der Waals surface area contributed by atoms with Gasteiger partial charge in [0.15, 0.2) is 0 Å². The van der Waals surface area contributed by atoms with Gasteiger partial charge >= 0.3 is 6.03 Å². The maximum atomic E-state index is 13.1. The summed E-state index contributed by atoms with van der Waals surface area (Å²) in [5.41, 5.74) is 0.787. The highest BCUT2D eigenvalue weighted by Gasteiger charge is 2.22. The molecule has 1 N–H and O–H groups in total. The van der Waals surface area contributed by atoms with Crippen molar-refractivity contribution in [1.82, 2.24) is 14.5 Å². The topological polar surface area (TPSA) is 61.4 Å². The van der Waals surface area contributed by atoms with Crippen LogP contribution in [0.2, 0.25) is 5.02 Å². The summed E-state index contributed by atoms with van der Waals surface area (Å²) in [6, 6.07) is 4.18. The van der Waals surface area contributed by atoms with Gasteiger partial charge in [0.25, 0.3) is 0 Å². The molecule has 0 atom stereocenters. The number of benzene rings is 1. The second-order valence-corrected chi connectivity index (χ2v) is 5.97. The molecule has 3 rings (SSSR count). The molecule has 0 spiro atoms. The number of halogens is 2. The SMILES string of the molecule is O=C(Nc1cnns1)N1CCN(c2ccc(F)cc2Cl)CC1. The van der Waals surface area contributed by atoms with E-state index in [-0.39, 0.29) is 11.8 Å². The van der Waals surface area contributed by atoms with Crippen LogP contribution in [0.3, 0.4) is 0 Å². The maximum Gasteiger partial charge on any atom is 0.322 e. The minimum Gasteiger partial charge on any atom is -0.367 e. The Morgan fingerprint density at radius 3 is 2.73 bits per heavy atom. The zero-order valence-corrected chi connectivity index (χ0v) is 13.1. The van der Waals surface area contributed by atoms with E-state index in [4.69, 9.17) is 11.6 Å². The number of anilines is 2. The summed E-state index contributed by atoms with van der Waals surface area (Å²) in [7, 11) is 0. The molecule has 0 saturated carbocycles. The van der Waals surface area contributed by atoms with E-state index in [1.807, 2.05) is 4.90 Å². The number of piperazine rings is 1. The van der Waals surface area contributed by atoms with Crippen LogP contribution in [0.25, 0.3) is 0 Å². The lowest BCUT2D eigenvalue weighted by Gasteiger charge is -2.36. The number of carbonyl (C=O) groups is 1. The van der Waals surface area contributed by atoms with Gasteiger partial charge in [-0.1, -0.05) is 16.1 Å². The molecule has 1 saturated heterocycles. The average Bonchev–Trinajstić information content (AvgIpc) is 3.00. The summed E-state index contributed by atoms with van der Waals surface area (Å²) < 4.78 is 16.8. The number of carbonyl (C=O) groups excluding carboxylic acids is 1. The Morgan fingerprint density at radius 1 is 1.32 bits per heavy atom. The summed E-state index contributed by atoms with van der Waals surface area (Å²) in [5, 5.41) is 7.42. The predicted molar refractivity (Wildman–Crippen MR) is 84.1 cm³/mol. The normalized spacial score (nSPS) is 15.0. The molecule has 22 heavy (non-hydrogen) atoms. The second kappa shape index (κ2) is 6.45. The zero-order valence-electron chi connectivity index (χ0n) is 11.5. The van der Waals surface area contributed by atoms with Gasteiger partial charge in [-0.3, -0.25) is 5.32 Å². The third-order valence-corrected chi connectivity index (χ3v) is 4.29. The number of amides is 2. The van der Waals surface area contributed by atoms with Crippen molar-refractivity contribution in [3.63, 3.8) is 0 Å². The number of nitrogens with zero attached hydrogens (tertiary/aromatic N) is 4. The first-order valence-corrected chi connectivity index (χ1v) is 7.82. The van der Waals surface area contributed by atoms with Crippen molar-refractivity contribution in [3.8, 4) is 0 Å². The van der Waals surface area contributed by atoms with Gasteiger partial charge in [0, 0.05) is 37.7 Å². The number of hydrogen-bond acceptors (Lipinski definition) is 5. The molecule has 6 nitrogen and oxygen atoms in total. The van der Waals surface area contributed by atoms with E-state index in [0.717, 1.165) is 17.2 Å². The minimum atomic E-state index is -0.357. The van der Waals surface area contributed by atoms with Gasteiger partial charge in [-0.2, -0.15) is 0 Å². The molecule has 116 valence electrons. The van der Waals surface area contributed by atoms with Crippen molar-refractivity contribution >= 4 is 39.9 Å². The van der Waals surface area contributed by atoms with E-state index in [2.05, 4.69) is 14.9 Å². The molecule has 0 bridgehead atoms. The molecule has 1 aliphatic heterocycles. The van der Waals surface area contributed by atoms with Crippen molar-refractivity contribution in [3.05, 3.63) is 35.2 Å². The van der Waals surface area contributed by atoms with Crippen LogP contribution in [0.5, 0.6) is 0 Å². The average molecular weight is 342 g/mol. The predicted octanol–water partition coefficient (Wildman–Crippen LogP) is 2.68. The third-order valence-electron chi connectivity index (χ3n) is 3.41. The maximum absolute atomic E-state index is 13.1. The Balaban J connectivity index is 1.59. The Morgan fingerprint density at radius 2 is 2.09 bits per heavy atom. The fourth-order valence-electron chi connectivity index (χ4n) is 2.29. The summed E-state index contributed by atoms with van der Waals surface area (Å²) in [6.07, 6.45) is 1.51. The lowest BCUT2D eigenvalue weighted by molar-refractivity contribution is 0.208. The lowest BCUT2D eigenvalue weighted by atomic mass is 10.2. The van der Waals surface area contributed by atoms with Crippen LogP contribution in [0.4, 0.5) is 19.9 Å². The minimum absolute atomic E-state index is 0.170. The highest BCUT2D eigenvalue weighted by atomic mass is 35.5. The van der Waals surface area contributed by atoms with E-state index in [0.29, 0.717) is 36.2 Å². The molecular weight excluding hydrogens is 329 g/mol. The molecule has 0 unspecified atom stereocenters. The van der Waals surface area contributed by atoms with E-state index in [9.17, 15) is 9.18 Å². The van der Waals surface area contributed by atoms with Crippen LogP contribution in [0.1, 0.15) is 0 Å². The van der Waals surface area contributed by atoms with Crippen molar-refractivity contribution in [2.24, 2.45) is 0 Å². The van der Waals surface area contributed by atoms with Crippen molar-refractivity contribution in [2.75, 3.05) is 36.4 Å². The fraction of sp³-hybridized carbons (Fsp3) is 0.308. The fourth-order valence-corrected chi connectivity index (χ4v) is 2.99. The van der Waals surface area contributed by atoms with E-state index >= 15 is 0 Å². The van der Waals surface area contributed by atoms with Crippen LogP contribution in [0, 0.1) is 5.82 Å². The van der Waals surface area contributed by atoms with E-state index in [1.165, 1.54) is 18.3 Å². The quantitative estimate of drug-likeness (QED) is 0.912. The molecule has 1 fully saturated rings. The van der Waals surface area contributed by atoms with Crippen molar-refractivity contribution in [2.45, 2.75) is 0 Å². The van der Waals surface area contributed by atoms with Crippen molar-refractivity contribution in [1.29, 1.82) is 0 Å². The molecule has 1 aromatic heterocycles. The first-order chi connectivity index (χ1) is 10.6. The van der Waals surface area contributed by atoms with E-state index in [1.54, 1.807) is 11.0 Å². The number of urea groups is 1. The molecule has 1 aliphatic rings. The van der Waals surface area contributed by atoms with Gasteiger partial charge in [-0.15, -0.1) is 5.10 Å². The van der Waals surface area contributed by atoms with Gasteiger partial charge in [0.1, 0.15) is 10.8 Å². The molecule has 2 amide bonds. The highest BCUT2D eigenvalue weighted by Crippen LogP contribution is 2.27. The summed E-state index contributed by atoms with van der Waals surface area (Å²) >= 11 is 7.20. The Labute approximate surface area is 135 Å². The van der Waals surface area contributed by atoms with Crippen LogP contribution in [-0.2, 0) is 0 Å². The van der Waals surface area contributed by atoms with E-state index < -0.39 is 0 Å². The first kappa shape index (κ1) is 15.0. The van der Waals surface area contributed by atoms with Crippen LogP contribution >= 0.6 is 23.1 Å². The number of nitrogens with one attached hydrogen (secondary N) is 1. The summed E-state index contributed by atoms with van der Waals surface area (Å²) in [5.74, 6) is -0.357. The first-order valence-electron chi connectivity index (χ1n) is 6.67. The van der Waals surface area contributed by atoms with Gasteiger partial charge in [-0.05, 0) is 18.2 Å². The van der Waals surface area contributed by atoms with Crippen LogP contribution < -0.4 is 10.2 Å². The summed E-state index contributed by atoms with van der Waals surface area (Å²) in [6.45, 7) is 2.40. The third kappa shape index (κ3) is 3.28. The number of rotatable bonds is 2. The molecule has 0 aliphatic carbocycles. The van der Waals surface area contributed by atoms with Gasteiger partial charge in [0.05, 0.1) is 16.9 Å².